The summed E-state index contributed by atoms with van der Waals surface area (Å²) in [4.78, 5) is 50.9. The number of esters is 1. The third kappa shape index (κ3) is 4.45. The molecule has 0 N–H and O–H groups in total. The Hall–Kier alpha value is -3.75. The molecular weight excluding hydrogens is 390 g/mol. The highest BCUT2D eigenvalue weighted by Crippen LogP contribution is 2.25. The van der Waals surface area contributed by atoms with E-state index in [4.69, 9.17) is 4.74 Å². The molecule has 1 aliphatic rings. The normalized spacial score (nSPS) is 13.2. The van der Waals surface area contributed by atoms with E-state index in [1.54, 1.807) is 25.1 Å². The lowest BCUT2D eigenvalue weighted by molar-refractivity contribution is -0.385. The van der Waals surface area contributed by atoms with E-state index in [1.807, 2.05) is 0 Å². The van der Waals surface area contributed by atoms with Crippen molar-refractivity contribution in [3.8, 4) is 0 Å². The maximum absolute atomic E-state index is 13.3. The first-order valence-corrected chi connectivity index (χ1v) is 9.52. The minimum Gasteiger partial charge on any atom is -0.462 e. The van der Waals surface area contributed by atoms with Crippen molar-refractivity contribution in [1.29, 1.82) is 0 Å². The highest BCUT2D eigenvalue weighted by Gasteiger charge is 2.29. The van der Waals surface area contributed by atoms with Crippen molar-refractivity contribution in [2.75, 3.05) is 24.7 Å². The van der Waals surface area contributed by atoms with E-state index in [0.29, 0.717) is 30.6 Å². The molecule has 0 bridgehead atoms. The first kappa shape index (κ1) is 21.0. The molecule has 2 aromatic carbocycles. The second-order valence-corrected chi connectivity index (χ2v) is 6.68. The Bertz CT molecular complexity index is 973. The first-order chi connectivity index (χ1) is 14.4. The number of nitro groups is 1. The van der Waals surface area contributed by atoms with Gasteiger partial charge in [-0.2, -0.15) is 0 Å². The predicted molar refractivity (Wildman–Crippen MR) is 108 cm³/mol. The van der Waals surface area contributed by atoms with E-state index in [-0.39, 0.29) is 30.4 Å². The molecule has 0 aromatic heterocycles. The van der Waals surface area contributed by atoms with Crippen LogP contribution in [0.3, 0.4) is 0 Å². The molecule has 0 unspecified atom stereocenters. The van der Waals surface area contributed by atoms with Crippen molar-refractivity contribution in [2.24, 2.45) is 0 Å². The molecule has 0 atom stereocenters. The molecule has 2 amide bonds. The molecule has 9 heteroatoms. The average Bonchev–Trinajstić information content (AvgIpc) is 3.16. The van der Waals surface area contributed by atoms with Gasteiger partial charge in [0.2, 0.25) is 5.91 Å². The van der Waals surface area contributed by atoms with Crippen LogP contribution in [0.15, 0.2) is 48.5 Å². The minimum absolute atomic E-state index is 0.0392. The number of hydrogen-bond donors (Lipinski definition) is 0. The number of benzene rings is 2. The Kier molecular flexibility index (Phi) is 6.41. The van der Waals surface area contributed by atoms with Gasteiger partial charge in [-0.25, -0.2) is 4.79 Å². The van der Waals surface area contributed by atoms with Crippen molar-refractivity contribution < 1.29 is 24.0 Å². The van der Waals surface area contributed by atoms with Gasteiger partial charge in [-0.05, 0) is 43.7 Å². The monoisotopic (exact) mass is 411 g/mol. The Balaban J connectivity index is 1.97. The predicted octanol–water partition coefficient (Wildman–Crippen LogP) is 3.00. The van der Waals surface area contributed by atoms with Gasteiger partial charge in [0, 0.05) is 24.7 Å². The molecule has 0 aliphatic carbocycles. The summed E-state index contributed by atoms with van der Waals surface area (Å²) in [5.41, 5.74) is 0.328. The molecule has 0 spiro atoms. The largest absolute Gasteiger partial charge is 0.462 e. The fourth-order valence-corrected chi connectivity index (χ4v) is 3.24. The van der Waals surface area contributed by atoms with Gasteiger partial charge in [-0.1, -0.05) is 12.1 Å². The lowest BCUT2D eigenvalue weighted by Crippen LogP contribution is -2.42. The number of anilines is 1. The van der Waals surface area contributed by atoms with Crippen molar-refractivity contribution >= 4 is 29.2 Å². The molecule has 0 saturated carbocycles. The third-order valence-corrected chi connectivity index (χ3v) is 4.75. The van der Waals surface area contributed by atoms with Crippen molar-refractivity contribution in [3.05, 3.63) is 69.8 Å². The summed E-state index contributed by atoms with van der Waals surface area (Å²) in [7, 11) is 0. The zero-order valence-corrected chi connectivity index (χ0v) is 16.4. The smallest absolute Gasteiger partial charge is 0.338 e. The number of nitro benzene ring substituents is 1. The second kappa shape index (κ2) is 9.17. The van der Waals surface area contributed by atoms with Crippen LogP contribution in [-0.4, -0.2) is 47.4 Å². The van der Waals surface area contributed by atoms with Crippen LogP contribution in [0.5, 0.6) is 0 Å². The van der Waals surface area contributed by atoms with Gasteiger partial charge in [0.1, 0.15) is 12.2 Å². The fraction of sp³-hybridized carbons (Fsp3) is 0.286. The highest BCUT2D eigenvalue weighted by atomic mass is 16.6. The third-order valence-electron chi connectivity index (χ3n) is 4.75. The molecular formula is C21H21N3O6. The Morgan fingerprint density at radius 2 is 1.87 bits per heavy atom. The van der Waals surface area contributed by atoms with Gasteiger partial charge < -0.3 is 9.64 Å². The van der Waals surface area contributed by atoms with Crippen LogP contribution in [0, 0.1) is 10.1 Å². The van der Waals surface area contributed by atoms with Gasteiger partial charge in [0.15, 0.2) is 0 Å². The van der Waals surface area contributed by atoms with Crippen molar-refractivity contribution in [3.63, 3.8) is 0 Å². The number of hydrogen-bond acceptors (Lipinski definition) is 6. The minimum atomic E-state index is -0.615. The van der Waals surface area contributed by atoms with Crippen LogP contribution in [-0.2, 0) is 9.53 Å². The lowest BCUT2D eigenvalue weighted by Gasteiger charge is -2.28. The van der Waals surface area contributed by atoms with Gasteiger partial charge >= 0.3 is 5.97 Å². The molecule has 2 aromatic rings. The summed E-state index contributed by atoms with van der Waals surface area (Å²) in [6.07, 6.45) is 1.09. The van der Waals surface area contributed by atoms with Gasteiger partial charge in [0.05, 0.1) is 17.1 Å². The van der Waals surface area contributed by atoms with Gasteiger partial charge in [-0.15, -0.1) is 0 Å². The average molecular weight is 411 g/mol. The number of nitrogens with zero attached hydrogens (tertiary/aromatic N) is 3. The molecule has 9 nitrogen and oxygen atoms in total. The number of likely N-dealkylation sites (tertiary alicyclic amines) is 1. The van der Waals surface area contributed by atoms with Gasteiger partial charge in [-0.3, -0.25) is 24.6 Å². The quantitative estimate of drug-likeness (QED) is 0.393. The number of ether oxygens (including phenoxy) is 1. The van der Waals surface area contributed by atoms with Crippen LogP contribution in [0.2, 0.25) is 0 Å². The molecule has 3 rings (SSSR count). The van der Waals surface area contributed by atoms with E-state index in [9.17, 15) is 24.5 Å². The van der Waals surface area contributed by atoms with Gasteiger partial charge in [0.25, 0.3) is 11.6 Å². The molecule has 156 valence electrons. The molecule has 1 saturated heterocycles. The Labute approximate surface area is 173 Å². The first-order valence-electron chi connectivity index (χ1n) is 9.52. The standard InChI is InChI=1S/C21H21N3O6/c1-2-30-21(27)15-9-11-16(12-10-15)23(14-22-13-5-8-19(22)25)20(26)17-6-3-4-7-18(17)24(28)29/h3-4,6-7,9-12H,2,5,8,13-14H2,1H3. The summed E-state index contributed by atoms with van der Waals surface area (Å²) in [5, 5.41) is 11.4. The van der Waals surface area contributed by atoms with Crippen molar-refractivity contribution in [2.45, 2.75) is 19.8 Å². The maximum Gasteiger partial charge on any atom is 0.338 e. The van der Waals surface area contributed by atoms with E-state index < -0.39 is 16.8 Å². The summed E-state index contributed by atoms with van der Waals surface area (Å²) in [6, 6.07) is 11.8. The van der Waals surface area contributed by atoms with E-state index >= 15 is 0 Å². The Morgan fingerprint density at radius 3 is 2.47 bits per heavy atom. The molecule has 1 heterocycles. The van der Waals surface area contributed by atoms with Crippen LogP contribution < -0.4 is 4.90 Å². The number of para-hydroxylation sites is 1. The molecule has 1 aliphatic heterocycles. The number of amides is 2. The van der Waals surface area contributed by atoms with E-state index in [2.05, 4.69) is 0 Å². The summed E-state index contributed by atoms with van der Waals surface area (Å²) < 4.78 is 4.96. The van der Waals surface area contributed by atoms with Crippen LogP contribution in [0.1, 0.15) is 40.5 Å². The molecule has 30 heavy (non-hydrogen) atoms. The maximum atomic E-state index is 13.3. The van der Waals surface area contributed by atoms with E-state index in [0.717, 1.165) is 0 Å². The number of carbonyl (C=O) groups excluding carboxylic acids is 3. The summed E-state index contributed by atoms with van der Waals surface area (Å²) in [5.74, 6) is -1.18. The second-order valence-electron chi connectivity index (χ2n) is 6.68. The topological polar surface area (TPSA) is 110 Å². The number of carbonyl (C=O) groups is 3. The highest BCUT2D eigenvalue weighted by molar-refractivity contribution is 6.09. The molecule has 0 radical (unpaired) electrons. The summed E-state index contributed by atoms with van der Waals surface area (Å²) in [6.45, 7) is 2.40. The number of rotatable bonds is 7. The zero-order chi connectivity index (χ0) is 21.7. The van der Waals surface area contributed by atoms with Crippen LogP contribution >= 0.6 is 0 Å². The van der Waals surface area contributed by atoms with Crippen LogP contribution in [0.4, 0.5) is 11.4 Å². The van der Waals surface area contributed by atoms with Crippen LogP contribution in [0.25, 0.3) is 0 Å². The lowest BCUT2D eigenvalue weighted by atomic mass is 10.1. The zero-order valence-electron chi connectivity index (χ0n) is 16.4. The Morgan fingerprint density at radius 1 is 1.17 bits per heavy atom. The summed E-state index contributed by atoms with van der Waals surface area (Å²) >= 11 is 0. The van der Waals surface area contributed by atoms with Crippen molar-refractivity contribution in [1.82, 2.24) is 4.90 Å². The fourth-order valence-electron chi connectivity index (χ4n) is 3.24. The van der Waals surface area contributed by atoms with E-state index in [1.165, 1.54) is 40.1 Å². The molecule has 1 fully saturated rings. The SMILES string of the molecule is CCOC(=O)c1ccc(N(CN2CCCC2=O)C(=O)c2ccccc2[N+](=O)[O-])cc1.